The molecule has 1 N–H and O–H groups in total. The molecule has 0 bridgehead atoms. The first kappa shape index (κ1) is 18.7. The topological polar surface area (TPSA) is 52.7 Å². The molecule has 0 saturated carbocycles. The van der Waals surface area contributed by atoms with E-state index in [-0.39, 0.29) is 0 Å². The zero-order chi connectivity index (χ0) is 18.6. The van der Waals surface area contributed by atoms with Gasteiger partial charge in [0.2, 0.25) is 0 Å². The normalized spacial score (nSPS) is 16.0. The highest BCUT2D eigenvalue weighted by molar-refractivity contribution is 7.90. The molecule has 0 unspecified atom stereocenters. The second-order valence-electron chi connectivity index (χ2n) is 7.06. The Morgan fingerprint density at radius 1 is 1.00 bits per heavy atom. The Labute approximate surface area is 156 Å². The van der Waals surface area contributed by atoms with Gasteiger partial charge in [-0.05, 0) is 55.0 Å². The van der Waals surface area contributed by atoms with E-state index in [1.54, 1.807) is 0 Å². The highest BCUT2D eigenvalue weighted by Crippen LogP contribution is 2.27. The first-order valence-corrected chi connectivity index (χ1v) is 10.5. The molecule has 0 radical (unpaired) electrons. The van der Waals surface area contributed by atoms with Crippen LogP contribution in [0.3, 0.4) is 0 Å². The van der Waals surface area contributed by atoms with Gasteiger partial charge in [-0.3, -0.25) is 4.72 Å². The van der Waals surface area contributed by atoms with Crippen LogP contribution in [0.2, 0.25) is 0 Å². The van der Waals surface area contributed by atoms with Gasteiger partial charge in [-0.1, -0.05) is 30.3 Å². The zero-order valence-corrected chi connectivity index (χ0v) is 16.2. The first-order valence-electron chi connectivity index (χ1n) is 9.03. The lowest BCUT2D eigenvalue weighted by Crippen LogP contribution is -2.34. The summed E-state index contributed by atoms with van der Waals surface area (Å²) in [5.74, 6) is 0.736. The molecule has 6 heteroatoms. The number of piperidine rings is 1. The Morgan fingerprint density at radius 3 is 2.19 bits per heavy atom. The molecule has 3 rings (SSSR count). The monoisotopic (exact) mass is 373 g/mol. The Hall–Kier alpha value is -2.05. The largest absolute Gasteiger partial charge is 0.372 e. The minimum atomic E-state index is -3.46. The smallest absolute Gasteiger partial charge is 0.301 e. The van der Waals surface area contributed by atoms with Crippen molar-refractivity contribution in [2.75, 3.05) is 36.8 Å². The van der Waals surface area contributed by atoms with E-state index in [1.807, 2.05) is 24.3 Å². The lowest BCUT2D eigenvalue weighted by Gasteiger charge is -2.33. The molecule has 5 nitrogen and oxygen atoms in total. The fraction of sp³-hybridized carbons (Fsp3) is 0.400. The Balaban J connectivity index is 1.55. The number of benzene rings is 2. The predicted octanol–water partition coefficient (Wildman–Crippen LogP) is 3.36. The van der Waals surface area contributed by atoms with Crippen molar-refractivity contribution in [1.82, 2.24) is 4.31 Å². The van der Waals surface area contributed by atoms with E-state index in [2.05, 4.69) is 40.0 Å². The van der Waals surface area contributed by atoms with Gasteiger partial charge in [-0.2, -0.15) is 12.7 Å². The number of nitrogens with zero attached hydrogens (tertiary/aromatic N) is 2. The number of hydrogen-bond acceptors (Lipinski definition) is 3. The van der Waals surface area contributed by atoms with Gasteiger partial charge in [-0.15, -0.1) is 0 Å². The van der Waals surface area contributed by atoms with Crippen molar-refractivity contribution in [1.29, 1.82) is 0 Å². The maximum atomic E-state index is 11.9. The predicted molar refractivity (Wildman–Crippen MR) is 108 cm³/mol. The van der Waals surface area contributed by atoms with Crippen molar-refractivity contribution >= 4 is 21.6 Å². The Kier molecular flexibility index (Phi) is 5.84. The molecule has 1 aliphatic rings. The van der Waals surface area contributed by atoms with Crippen molar-refractivity contribution in [3.8, 4) is 0 Å². The average molecular weight is 374 g/mol. The molecule has 0 aliphatic carbocycles. The lowest BCUT2D eigenvalue weighted by molar-refractivity contribution is 0.404. The van der Waals surface area contributed by atoms with Crippen LogP contribution in [0.25, 0.3) is 0 Å². The molecule has 0 atom stereocenters. The number of nitrogens with one attached hydrogen (secondary N) is 1. The van der Waals surface area contributed by atoms with Gasteiger partial charge in [0.25, 0.3) is 0 Å². The van der Waals surface area contributed by atoms with Gasteiger partial charge in [-0.25, -0.2) is 0 Å². The molecule has 1 aliphatic heterocycles. The maximum absolute atomic E-state index is 11.9. The highest BCUT2D eigenvalue weighted by Gasteiger charge is 2.20. The summed E-state index contributed by atoms with van der Waals surface area (Å²) in [5, 5.41) is 0. The Morgan fingerprint density at radius 2 is 1.62 bits per heavy atom. The second kappa shape index (κ2) is 8.10. The fourth-order valence-corrected chi connectivity index (χ4v) is 3.94. The summed E-state index contributed by atoms with van der Waals surface area (Å²) >= 11 is 0. The molecule has 0 spiro atoms. The number of hydrogen-bond donors (Lipinski definition) is 1. The maximum Gasteiger partial charge on any atom is 0.301 e. The van der Waals surface area contributed by atoms with E-state index < -0.39 is 10.2 Å². The molecule has 140 valence electrons. The first-order chi connectivity index (χ1) is 12.4. The molecule has 1 heterocycles. The molecule has 0 aromatic heterocycles. The SMILES string of the molecule is CN(C)S(=O)(=O)Nc1ccc(N2CCC(Cc3ccccc3)CC2)cc1. The third-order valence-electron chi connectivity index (χ3n) is 4.94. The van der Waals surface area contributed by atoms with Crippen LogP contribution in [-0.4, -0.2) is 39.9 Å². The summed E-state index contributed by atoms with van der Waals surface area (Å²) in [6, 6.07) is 18.3. The van der Waals surface area contributed by atoms with Crippen LogP contribution in [-0.2, 0) is 16.6 Å². The van der Waals surface area contributed by atoms with Gasteiger partial charge in [0.15, 0.2) is 0 Å². The van der Waals surface area contributed by atoms with Crippen molar-refractivity contribution < 1.29 is 8.42 Å². The molecule has 1 fully saturated rings. The van der Waals surface area contributed by atoms with E-state index in [0.717, 1.165) is 31.1 Å². The molecule has 2 aromatic carbocycles. The zero-order valence-electron chi connectivity index (χ0n) is 15.4. The third kappa shape index (κ3) is 4.77. The van der Waals surface area contributed by atoms with Crippen LogP contribution in [0.4, 0.5) is 11.4 Å². The molecular weight excluding hydrogens is 346 g/mol. The number of anilines is 2. The fourth-order valence-electron chi connectivity index (χ4n) is 3.32. The van der Waals surface area contributed by atoms with Gasteiger partial charge < -0.3 is 4.90 Å². The second-order valence-corrected chi connectivity index (χ2v) is 8.94. The molecule has 26 heavy (non-hydrogen) atoms. The average Bonchev–Trinajstić information content (AvgIpc) is 2.63. The molecular formula is C20H27N3O2S. The standard InChI is InChI=1S/C20H27N3O2S/c1-22(2)26(24,25)21-19-8-10-20(11-9-19)23-14-12-18(13-15-23)16-17-6-4-3-5-7-17/h3-11,18,21H,12-16H2,1-2H3. The van der Waals surface area contributed by atoms with Crippen molar-refractivity contribution in [2.45, 2.75) is 19.3 Å². The van der Waals surface area contributed by atoms with Gasteiger partial charge >= 0.3 is 10.2 Å². The van der Waals surface area contributed by atoms with Crippen molar-refractivity contribution in [3.05, 3.63) is 60.2 Å². The van der Waals surface area contributed by atoms with E-state index in [4.69, 9.17) is 0 Å². The van der Waals surface area contributed by atoms with Crippen LogP contribution >= 0.6 is 0 Å². The summed E-state index contributed by atoms with van der Waals surface area (Å²) in [6.07, 6.45) is 3.52. The summed E-state index contributed by atoms with van der Waals surface area (Å²) in [4.78, 5) is 2.38. The summed E-state index contributed by atoms with van der Waals surface area (Å²) in [6.45, 7) is 2.08. The highest BCUT2D eigenvalue weighted by atomic mass is 32.2. The summed E-state index contributed by atoms with van der Waals surface area (Å²) in [7, 11) is -0.436. The van der Waals surface area contributed by atoms with Crippen molar-refractivity contribution in [3.63, 3.8) is 0 Å². The van der Waals surface area contributed by atoms with Crippen LogP contribution < -0.4 is 9.62 Å². The minimum Gasteiger partial charge on any atom is -0.372 e. The molecule has 2 aromatic rings. The van der Waals surface area contributed by atoms with E-state index >= 15 is 0 Å². The van der Waals surface area contributed by atoms with Crippen LogP contribution in [0, 0.1) is 5.92 Å². The van der Waals surface area contributed by atoms with E-state index in [9.17, 15) is 8.42 Å². The van der Waals surface area contributed by atoms with E-state index in [1.165, 1.54) is 36.8 Å². The lowest BCUT2D eigenvalue weighted by atomic mass is 9.90. The minimum absolute atomic E-state index is 0.585. The van der Waals surface area contributed by atoms with E-state index in [0.29, 0.717) is 5.69 Å². The molecule has 0 amide bonds. The van der Waals surface area contributed by atoms with Crippen LogP contribution in [0.5, 0.6) is 0 Å². The summed E-state index contributed by atoms with van der Waals surface area (Å²) < 4.78 is 27.5. The van der Waals surface area contributed by atoms with Gasteiger partial charge in [0.1, 0.15) is 0 Å². The van der Waals surface area contributed by atoms with Crippen molar-refractivity contribution in [2.24, 2.45) is 5.92 Å². The van der Waals surface area contributed by atoms with Gasteiger partial charge in [0.05, 0.1) is 0 Å². The van der Waals surface area contributed by atoms with Crippen LogP contribution in [0.15, 0.2) is 54.6 Å². The summed E-state index contributed by atoms with van der Waals surface area (Å²) in [5.41, 5.74) is 3.15. The Bertz CT molecular complexity index is 797. The van der Waals surface area contributed by atoms with Crippen LogP contribution in [0.1, 0.15) is 18.4 Å². The van der Waals surface area contributed by atoms with Gasteiger partial charge in [0, 0.05) is 38.6 Å². The number of rotatable bonds is 6. The third-order valence-corrected chi connectivity index (χ3v) is 6.40. The molecule has 1 saturated heterocycles. The quantitative estimate of drug-likeness (QED) is 0.845.